The van der Waals surface area contributed by atoms with E-state index < -0.39 is 23.1 Å². The predicted molar refractivity (Wildman–Crippen MR) is 73.5 cm³/mol. The summed E-state index contributed by atoms with van der Waals surface area (Å²) < 4.78 is 5.39. The van der Waals surface area contributed by atoms with Crippen LogP contribution in [-0.2, 0) is 9.53 Å². The Morgan fingerprint density at radius 3 is 2.05 bits per heavy atom. The molecule has 1 aliphatic carbocycles. The Balaban J connectivity index is 2.76. The summed E-state index contributed by atoms with van der Waals surface area (Å²) in [5.41, 5.74) is 3.86. The second-order valence-electron chi connectivity index (χ2n) is 6.57. The van der Waals surface area contributed by atoms with Crippen molar-refractivity contribution in [2.24, 2.45) is 11.7 Å². The van der Waals surface area contributed by atoms with Crippen molar-refractivity contribution in [2.45, 2.75) is 70.9 Å². The van der Waals surface area contributed by atoms with Gasteiger partial charge in [-0.3, -0.25) is 4.79 Å². The van der Waals surface area contributed by atoms with Crippen LogP contribution in [0.25, 0.3) is 0 Å². The summed E-state index contributed by atoms with van der Waals surface area (Å²) in [6.07, 6.45) is 4.44. The molecule has 19 heavy (non-hydrogen) atoms. The third-order valence-corrected chi connectivity index (χ3v) is 3.66. The minimum atomic E-state index is -1.21. The molecule has 0 aromatic rings. The molecule has 5 nitrogen and oxygen atoms in total. The van der Waals surface area contributed by atoms with E-state index in [4.69, 9.17) is 10.5 Å². The Labute approximate surface area is 115 Å². The highest BCUT2D eigenvalue weighted by Crippen LogP contribution is 2.35. The normalized spacial score (nSPS) is 20.4. The van der Waals surface area contributed by atoms with Gasteiger partial charge >= 0.3 is 6.09 Å². The maximum atomic E-state index is 11.9. The van der Waals surface area contributed by atoms with Crippen molar-refractivity contribution in [1.82, 2.24) is 5.32 Å². The Morgan fingerprint density at radius 1 is 1.11 bits per heavy atom. The average Bonchev–Trinajstić information content (AvgIpc) is 2.27. The summed E-state index contributed by atoms with van der Waals surface area (Å²) in [6.45, 7) is 7.21. The molecule has 1 unspecified atom stereocenters. The summed E-state index contributed by atoms with van der Waals surface area (Å²) in [7, 11) is 0. The van der Waals surface area contributed by atoms with Crippen molar-refractivity contribution in [3.05, 3.63) is 0 Å². The summed E-state index contributed by atoms with van der Waals surface area (Å²) in [5, 5.41) is 2.70. The molecule has 0 aliphatic heterocycles. The second-order valence-corrected chi connectivity index (χ2v) is 6.57. The first-order chi connectivity index (χ1) is 8.65. The fraction of sp³-hybridized carbons (Fsp3) is 0.857. The monoisotopic (exact) mass is 270 g/mol. The summed E-state index contributed by atoms with van der Waals surface area (Å²) in [5.74, 6) is -0.548. The number of nitrogens with one attached hydrogen (secondary N) is 1. The maximum Gasteiger partial charge on any atom is 0.408 e. The van der Waals surface area contributed by atoms with Crippen LogP contribution in [0.5, 0.6) is 0 Å². The molecule has 1 rings (SSSR count). The van der Waals surface area contributed by atoms with E-state index in [2.05, 4.69) is 5.32 Å². The fourth-order valence-corrected chi connectivity index (χ4v) is 2.51. The first kappa shape index (κ1) is 15.8. The van der Waals surface area contributed by atoms with Gasteiger partial charge in [0.1, 0.15) is 0 Å². The van der Waals surface area contributed by atoms with Crippen molar-refractivity contribution in [1.29, 1.82) is 0 Å². The Bertz CT molecular complexity index is 343. The zero-order valence-corrected chi connectivity index (χ0v) is 12.4. The molecule has 1 fully saturated rings. The van der Waals surface area contributed by atoms with Crippen LogP contribution in [0.4, 0.5) is 4.79 Å². The number of hydrogen-bond donors (Lipinski definition) is 2. The molecule has 3 N–H and O–H groups in total. The first-order valence-electron chi connectivity index (χ1n) is 6.96. The van der Waals surface area contributed by atoms with Gasteiger partial charge in [-0.25, -0.2) is 4.79 Å². The van der Waals surface area contributed by atoms with Gasteiger partial charge in [0, 0.05) is 11.5 Å². The van der Waals surface area contributed by atoms with E-state index in [9.17, 15) is 9.59 Å². The van der Waals surface area contributed by atoms with E-state index >= 15 is 0 Å². The molecule has 0 radical (unpaired) electrons. The highest BCUT2D eigenvalue weighted by atomic mass is 16.6. The molecule has 0 aromatic heterocycles. The van der Waals surface area contributed by atoms with Crippen molar-refractivity contribution < 1.29 is 14.3 Å². The van der Waals surface area contributed by atoms with Gasteiger partial charge in [-0.05, 0) is 40.5 Å². The molecule has 0 aromatic carbocycles. The van der Waals surface area contributed by atoms with E-state index in [0.29, 0.717) is 0 Å². The minimum absolute atomic E-state index is 0.0180. The standard InChI is InChI=1S/C14H26N2O3/c1-13(2,3)16-12(18)19-14(4,11(15)17)10-8-6-5-7-9-10/h10H,5-9H2,1-4H3,(H2,15,17)(H,16,18). The maximum absolute atomic E-state index is 11.9. The number of alkyl carbamates (subject to hydrolysis) is 1. The molecule has 0 heterocycles. The number of carbonyl (C=O) groups is 2. The Morgan fingerprint density at radius 2 is 1.63 bits per heavy atom. The van der Waals surface area contributed by atoms with Gasteiger partial charge in [0.15, 0.2) is 5.60 Å². The van der Waals surface area contributed by atoms with E-state index in [1.54, 1.807) is 6.92 Å². The third kappa shape index (κ3) is 4.40. The average molecular weight is 270 g/mol. The molecule has 2 amide bonds. The molecule has 110 valence electrons. The second kappa shape index (κ2) is 5.80. The molecule has 0 saturated heterocycles. The number of amides is 2. The first-order valence-corrected chi connectivity index (χ1v) is 6.96. The van der Waals surface area contributed by atoms with Gasteiger partial charge in [-0.15, -0.1) is 0 Å². The number of primary amides is 1. The van der Waals surface area contributed by atoms with E-state index in [1.807, 2.05) is 20.8 Å². The molecular weight excluding hydrogens is 244 g/mol. The number of carbonyl (C=O) groups excluding carboxylic acids is 2. The number of hydrogen-bond acceptors (Lipinski definition) is 3. The lowest BCUT2D eigenvalue weighted by Gasteiger charge is -2.37. The van der Waals surface area contributed by atoms with Crippen LogP contribution >= 0.6 is 0 Å². The lowest BCUT2D eigenvalue weighted by Crippen LogP contribution is -2.54. The van der Waals surface area contributed by atoms with Crippen molar-refractivity contribution >= 4 is 12.0 Å². The van der Waals surface area contributed by atoms with Gasteiger partial charge < -0.3 is 15.8 Å². The summed E-state index contributed by atoms with van der Waals surface area (Å²) >= 11 is 0. The van der Waals surface area contributed by atoms with Crippen LogP contribution in [0.1, 0.15) is 59.8 Å². The topological polar surface area (TPSA) is 81.4 Å². The Hall–Kier alpha value is -1.26. The smallest absolute Gasteiger partial charge is 0.408 e. The molecule has 1 saturated carbocycles. The van der Waals surface area contributed by atoms with E-state index in [0.717, 1.165) is 25.7 Å². The number of ether oxygens (including phenoxy) is 1. The lowest BCUT2D eigenvalue weighted by molar-refractivity contribution is -0.142. The zero-order valence-electron chi connectivity index (χ0n) is 12.4. The molecule has 0 bridgehead atoms. The number of nitrogens with two attached hydrogens (primary N) is 1. The highest BCUT2D eigenvalue weighted by Gasteiger charge is 2.44. The quantitative estimate of drug-likeness (QED) is 0.825. The third-order valence-electron chi connectivity index (χ3n) is 3.66. The minimum Gasteiger partial charge on any atom is -0.433 e. The lowest BCUT2D eigenvalue weighted by atomic mass is 9.77. The van der Waals surface area contributed by atoms with Gasteiger partial charge in [0.05, 0.1) is 0 Å². The largest absolute Gasteiger partial charge is 0.433 e. The fourth-order valence-electron chi connectivity index (χ4n) is 2.51. The highest BCUT2D eigenvalue weighted by molar-refractivity contribution is 5.86. The van der Waals surface area contributed by atoms with Crippen molar-refractivity contribution in [2.75, 3.05) is 0 Å². The molecule has 0 spiro atoms. The van der Waals surface area contributed by atoms with Gasteiger partial charge in [0.2, 0.25) is 0 Å². The molecular formula is C14H26N2O3. The van der Waals surface area contributed by atoms with Crippen LogP contribution in [0, 0.1) is 5.92 Å². The van der Waals surface area contributed by atoms with Crippen LogP contribution in [-0.4, -0.2) is 23.1 Å². The van der Waals surface area contributed by atoms with Crippen molar-refractivity contribution in [3.63, 3.8) is 0 Å². The van der Waals surface area contributed by atoms with Gasteiger partial charge in [0.25, 0.3) is 5.91 Å². The summed E-state index contributed by atoms with van der Waals surface area (Å²) in [4.78, 5) is 23.6. The van der Waals surface area contributed by atoms with E-state index in [1.165, 1.54) is 6.42 Å². The molecule has 1 atom stereocenters. The Kier molecular flexibility index (Phi) is 4.82. The summed E-state index contributed by atoms with van der Waals surface area (Å²) in [6, 6.07) is 0. The van der Waals surface area contributed by atoms with Gasteiger partial charge in [-0.2, -0.15) is 0 Å². The van der Waals surface area contributed by atoms with Crippen LogP contribution in [0.3, 0.4) is 0 Å². The van der Waals surface area contributed by atoms with Crippen LogP contribution < -0.4 is 11.1 Å². The van der Waals surface area contributed by atoms with Crippen LogP contribution in [0.15, 0.2) is 0 Å². The zero-order chi connectivity index (χ0) is 14.7. The van der Waals surface area contributed by atoms with Crippen LogP contribution in [0.2, 0.25) is 0 Å². The molecule has 5 heteroatoms. The molecule has 1 aliphatic rings. The SMILES string of the molecule is CC(C)(C)NC(=O)OC(C)(C(N)=O)C1CCCCC1. The van der Waals surface area contributed by atoms with Gasteiger partial charge in [-0.1, -0.05) is 19.3 Å². The number of rotatable bonds is 3. The van der Waals surface area contributed by atoms with Crippen molar-refractivity contribution in [3.8, 4) is 0 Å². The van der Waals surface area contributed by atoms with E-state index in [-0.39, 0.29) is 5.92 Å². The predicted octanol–water partition coefficient (Wildman–Crippen LogP) is 2.34.